The van der Waals surface area contributed by atoms with Crippen molar-refractivity contribution in [1.82, 2.24) is 5.32 Å². The molecule has 1 atom stereocenters. The number of hydrogen-bond acceptors (Lipinski definition) is 1. The van der Waals surface area contributed by atoms with Crippen LogP contribution in [0.4, 0.5) is 0 Å². The van der Waals surface area contributed by atoms with Gasteiger partial charge in [0.25, 0.3) is 0 Å². The lowest BCUT2D eigenvalue weighted by Gasteiger charge is -2.32. The van der Waals surface area contributed by atoms with Crippen molar-refractivity contribution >= 4 is 0 Å². The summed E-state index contributed by atoms with van der Waals surface area (Å²) in [5.74, 6) is 0.823. The Kier molecular flexibility index (Phi) is 4.45. The molecule has 100 valence electrons. The summed E-state index contributed by atoms with van der Waals surface area (Å²) in [5.41, 5.74) is 5.84. The first kappa shape index (κ1) is 13.6. The number of rotatable bonds is 3. The van der Waals surface area contributed by atoms with Crippen LogP contribution in [-0.2, 0) is 0 Å². The van der Waals surface area contributed by atoms with E-state index in [-0.39, 0.29) is 0 Å². The van der Waals surface area contributed by atoms with Gasteiger partial charge in [-0.3, -0.25) is 0 Å². The van der Waals surface area contributed by atoms with Gasteiger partial charge in [-0.1, -0.05) is 37.0 Å². The first-order valence-corrected chi connectivity index (χ1v) is 7.38. The highest BCUT2D eigenvalue weighted by atomic mass is 14.9. The molecule has 0 bridgehead atoms. The molecule has 2 rings (SSSR count). The first-order valence-electron chi connectivity index (χ1n) is 7.38. The van der Waals surface area contributed by atoms with Crippen molar-refractivity contribution in [3.8, 4) is 0 Å². The topological polar surface area (TPSA) is 12.0 Å². The number of nitrogens with one attached hydrogen (secondary N) is 1. The highest BCUT2D eigenvalue weighted by Crippen LogP contribution is 2.36. The van der Waals surface area contributed by atoms with Crippen LogP contribution in [0.3, 0.4) is 0 Å². The van der Waals surface area contributed by atoms with E-state index < -0.39 is 0 Å². The summed E-state index contributed by atoms with van der Waals surface area (Å²) < 4.78 is 0. The van der Waals surface area contributed by atoms with E-state index in [1.165, 1.54) is 48.8 Å². The van der Waals surface area contributed by atoms with E-state index in [0.29, 0.717) is 6.04 Å². The third kappa shape index (κ3) is 2.77. The zero-order valence-corrected chi connectivity index (χ0v) is 12.3. The van der Waals surface area contributed by atoms with Crippen LogP contribution >= 0.6 is 0 Å². The van der Waals surface area contributed by atoms with Gasteiger partial charge >= 0.3 is 0 Å². The molecule has 0 amide bonds. The molecule has 1 fully saturated rings. The van der Waals surface area contributed by atoms with E-state index in [1.54, 1.807) is 5.56 Å². The molecule has 0 spiro atoms. The van der Waals surface area contributed by atoms with Crippen molar-refractivity contribution in [1.29, 1.82) is 0 Å². The molecule has 1 aromatic carbocycles. The fraction of sp³-hybridized carbons (Fsp3) is 0.647. The Morgan fingerprint density at radius 2 is 1.56 bits per heavy atom. The monoisotopic (exact) mass is 245 g/mol. The summed E-state index contributed by atoms with van der Waals surface area (Å²) in [7, 11) is 2.12. The number of hydrogen-bond donors (Lipinski definition) is 1. The molecule has 1 aromatic rings. The maximum Gasteiger partial charge on any atom is 0.0351 e. The molecule has 1 aliphatic carbocycles. The van der Waals surface area contributed by atoms with Crippen LogP contribution in [-0.4, -0.2) is 7.05 Å². The second kappa shape index (κ2) is 5.88. The van der Waals surface area contributed by atoms with Crippen LogP contribution in [0.15, 0.2) is 12.1 Å². The number of benzene rings is 1. The zero-order valence-electron chi connectivity index (χ0n) is 12.3. The van der Waals surface area contributed by atoms with Crippen molar-refractivity contribution in [3.05, 3.63) is 34.4 Å². The van der Waals surface area contributed by atoms with Crippen molar-refractivity contribution in [3.63, 3.8) is 0 Å². The fourth-order valence-corrected chi connectivity index (χ4v) is 3.76. The third-order valence-electron chi connectivity index (χ3n) is 4.48. The quantitative estimate of drug-likeness (QED) is 0.829. The molecule has 0 radical (unpaired) electrons. The Labute approximate surface area is 112 Å². The molecule has 1 unspecified atom stereocenters. The van der Waals surface area contributed by atoms with E-state index >= 15 is 0 Å². The minimum atomic E-state index is 0.547. The van der Waals surface area contributed by atoms with Gasteiger partial charge < -0.3 is 5.32 Å². The second-order valence-corrected chi connectivity index (χ2v) is 5.98. The maximum atomic E-state index is 3.59. The molecule has 1 nitrogen and oxygen atoms in total. The van der Waals surface area contributed by atoms with Crippen molar-refractivity contribution in [2.45, 2.75) is 58.9 Å². The standard InChI is InChI=1S/C17H27N/c1-12-10-13(2)16(14(3)11-12)17(18-4)15-8-6-5-7-9-15/h10-11,15,17-18H,5-9H2,1-4H3. The Morgan fingerprint density at radius 3 is 2.06 bits per heavy atom. The molecule has 0 heterocycles. The highest BCUT2D eigenvalue weighted by Gasteiger charge is 2.25. The Morgan fingerprint density at radius 1 is 1.00 bits per heavy atom. The molecule has 18 heavy (non-hydrogen) atoms. The lowest BCUT2D eigenvalue weighted by Crippen LogP contribution is -2.28. The van der Waals surface area contributed by atoms with Crippen LogP contribution < -0.4 is 5.32 Å². The van der Waals surface area contributed by atoms with Gasteiger partial charge in [-0.15, -0.1) is 0 Å². The molecule has 1 heteroatoms. The van der Waals surface area contributed by atoms with Gasteiger partial charge in [0.1, 0.15) is 0 Å². The average Bonchev–Trinajstić information content (AvgIpc) is 2.34. The van der Waals surface area contributed by atoms with Crippen molar-refractivity contribution in [2.24, 2.45) is 5.92 Å². The molecular weight excluding hydrogens is 218 g/mol. The van der Waals surface area contributed by atoms with E-state index in [2.05, 4.69) is 45.3 Å². The molecule has 0 aromatic heterocycles. The van der Waals surface area contributed by atoms with Crippen LogP contribution in [0.5, 0.6) is 0 Å². The van der Waals surface area contributed by atoms with E-state index in [4.69, 9.17) is 0 Å². The molecule has 1 N–H and O–H groups in total. The highest BCUT2D eigenvalue weighted by molar-refractivity contribution is 5.40. The van der Waals surface area contributed by atoms with Gasteiger partial charge in [0, 0.05) is 6.04 Å². The van der Waals surface area contributed by atoms with E-state index in [0.717, 1.165) is 5.92 Å². The first-order chi connectivity index (χ1) is 8.63. The summed E-state index contributed by atoms with van der Waals surface area (Å²) in [5, 5.41) is 3.59. The molecular formula is C17H27N. The molecule has 0 saturated heterocycles. The van der Waals surface area contributed by atoms with Gasteiger partial charge in [0.15, 0.2) is 0 Å². The summed E-state index contributed by atoms with van der Waals surface area (Å²) >= 11 is 0. The zero-order chi connectivity index (χ0) is 13.1. The second-order valence-electron chi connectivity index (χ2n) is 5.98. The molecule has 1 aliphatic rings. The minimum absolute atomic E-state index is 0.547. The lowest BCUT2D eigenvalue weighted by atomic mass is 9.78. The van der Waals surface area contributed by atoms with Gasteiger partial charge in [-0.05, 0) is 63.3 Å². The Balaban J connectivity index is 2.32. The fourth-order valence-electron chi connectivity index (χ4n) is 3.76. The van der Waals surface area contributed by atoms with Crippen molar-refractivity contribution < 1.29 is 0 Å². The summed E-state index contributed by atoms with van der Waals surface area (Å²) in [6.07, 6.45) is 7.02. The van der Waals surface area contributed by atoms with Crippen LogP contribution in [0, 0.1) is 26.7 Å². The summed E-state index contributed by atoms with van der Waals surface area (Å²) in [6.45, 7) is 6.73. The van der Waals surface area contributed by atoms with Gasteiger partial charge in [0.2, 0.25) is 0 Å². The Hall–Kier alpha value is -0.820. The van der Waals surface area contributed by atoms with Crippen LogP contribution in [0.2, 0.25) is 0 Å². The largest absolute Gasteiger partial charge is 0.313 e. The molecule has 0 aliphatic heterocycles. The maximum absolute atomic E-state index is 3.59. The van der Waals surface area contributed by atoms with Gasteiger partial charge in [-0.2, -0.15) is 0 Å². The smallest absolute Gasteiger partial charge is 0.0351 e. The average molecular weight is 245 g/mol. The van der Waals surface area contributed by atoms with Crippen LogP contribution in [0.1, 0.15) is 60.4 Å². The third-order valence-corrected chi connectivity index (χ3v) is 4.48. The van der Waals surface area contributed by atoms with E-state index in [9.17, 15) is 0 Å². The summed E-state index contributed by atoms with van der Waals surface area (Å²) in [6, 6.07) is 5.20. The predicted octanol–water partition coefficient (Wildman–Crippen LogP) is 4.45. The minimum Gasteiger partial charge on any atom is -0.313 e. The number of aryl methyl sites for hydroxylation is 3. The normalized spacial score (nSPS) is 18.9. The molecule has 1 saturated carbocycles. The van der Waals surface area contributed by atoms with Gasteiger partial charge in [-0.25, -0.2) is 0 Å². The predicted molar refractivity (Wildman–Crippen MR) is 79.0 cm³/mol. The SMILES string of the molecule is CNC(c1c(C)cc(C)cc1C)C1CCCCC1. The van der Waals surface area contributed by atoms with Crippen LogP contribution in [0.25, 0.3) is 0 Å². The van der Waals surface area contributed by atoms with E-state index in [1.807, 2.05) is 0 Å². The van der Waals surface area contributed by atoms with Crippen molar-refractivity contribution in [2.75, 3.05) is 7.05 Å². The lowest BCUT2D eigenvalue weighted by molar-refractivity contribution is 0.280. The van der Waals surface area contributed by atoms with Gasteiger partial charge in [0.05, 0.1) is 0 Å². The Bertz CT molecular complexity index is 379. The summed E-state index contributed by atoms with van der Waals surface area (Å²) in [4.78, 5) is 0.